The molecular weight excluding hydrogens is 272 g/mol. The molecule has 20 heavy (non-hydrogen) atoms. The van der Waals surface area contributed by atoms with E-state index in [9.17, 15) is 4.79 Å². The smallest absolute Gasteiger partial charge is 0.226 e. The van der Waals surface area contributed by atoms with Gasteiger partial charge in [0, 0.05) is 18.1 Å². The molecule has 1 amide bonds. The first kappa shape index (κ1) is 14.7. The minimum Gasteiger partial charge on any atom is -0.347 e. The number of carbonyl (C=O) groups excluding carboxylic acids is 1. The van der Waals surface area contributed by atoms with Gasteiger partial charge in [0.1, 0.15) is 0 Å². The molecule has 2 aromatic rings. The summed E-state index contributed by atoms with van der Waals surface area (Å²) in [5, 5.41) is 8.21. The largest absolute Gasteiger partial charge is 0.347 e. The maximum atomic E-state index is 12.2. The van der Waals surface area contributed by atoms with Gasteiger partial charge in [0.25, 0.3) is 0 Å². The summed E-state index contributed by atoms with van der Waals surface area (Å²) >= 11 is 1.63. The molecule has 1 N–H and O–H groups in total. The van der Waals surface area contributed by atoms with Crippen molar-refractivity contribution in [2.75, 3.05) is 0 Å². The fourth-order valence-electron chi connectivity index (χ4n) is 2.24. The third-order valence-corrected chi connectivity index (χ3v) is 4.22. The third-order valence-electron chi connectivity index (χ3n) is 3.29. The van der Waals surface area contributed by atoms with Crippen LogP contribution in [0.4, 0.5) is 0 Å². The van der Waals surface area contributed by atoms with Gasteiger partial charge in [0.15, 0.2) is 0 Å². The van der Waals surface area contributed by atoms with E-state index in [1.807, 2.05) is 27.0 Å². The number of carbonyl (C=O) groups is 1. The zero-order valence-electron chi connectivity index (χ0n) is 12.3. The molecule has 0 aliphatic heterocycles. The van der Waals surface area contributed by atoms with Gasteiger partial charge in [-0.05, 0) is 26.3 Å². The summed E-state index contributed by atoms with van der Waals surface area (Å²) in [6.07, 6.45) is 2.92. The number of rotatable bonds is 5. The summed E-state index contributed by atoms with van der Waals surface area (Å²) in [5.74, 6) is 0.00597. The van der Waals surface area contributed by atoms with E-state index in [4.69, 9.17) is 0 Å². The van der Waals surface area contributed by atoms with Crippen molar-refractivity contribution in [2.45, 2.75) is 39.7 Å². The lowest BCUT2D eigenvalue weighted by atomic mass is 10.1. The Morgan fingerprint density at radius 2 is 2.25 bits per heavy atom. The quantitative estimate of drug-likeness (QED) is 0.920. The number of aromatic nitrogens is 3. The van der Waals surface area contributed by atoms with E-state index in [-0.39, 0.29) is 11.9 Å². The van der Waals surface area contributed by atoms with Crippen LogP contribution in [0.25, 0.3) is 0 Å². The summed E-state index contributed by atoms with van der Waals surface area (Å²) < 4.78 is 1.80. The zero-order valence-corrected chi connectivity index (χ0v) is 13.1. The summed E-state index contributed by atoms with van der Waals surface area (Å²) in [6.45, 7) is 6.02. The number of hydrogen-bond acceptors (Lipinski definition) is 4. The second kappa shape index (κ2) is 6.17. The highest BCUT2D eigenvalue weighted by Gasteiger charge is 2.17. The van der Waals surface area contributed by atoms with Gasteiger partial charge in [-0.3, -0.25) is 9.48 Å². The Morgan fingerprint density at radius 3 is 2.75 bits per heavy atom. The molecule has 1 atom stereocenters. The Balaban J connectivity index is 2.03. The highest BCUT2D eigenvalue weighted by atomic mass is 32.1. The molecule has 0 radical (unpaired) electrons. The highest BCUT2D eigenvalue weighted by molar-refractivity contribution is 7.11. The SMILES string of the molecule is CC[C@H](NC(=O)Cc1nc(C)sc1C)c1ccnn1C. The first-order valence-corrected chi connectivity index (χ1v) is 7.53. The topological polar surface area (TPSA) is 59.8 Å². The van der Waals surface area contributed by atoms with Crippen LogP contribution in [-0.4, -0.2) is 20.7 Å². The number of hydrogen-bond donors (Lipinski definition) is 1. The van der Waals surface area contributed by atoms with E-state index < -0.39 is 0 Å². The molecule has 2 heterocycles. The number of nitrogens with zero attached hydrogens (tertiary/aromatic N) is 3. The number of aryl methyl sites for hydroxylation is 3. The molecule has 108 valence electrons. The molecular formula is C14H20N4OS. The highest BCUT2D eigenvalue weighted by Crippen LogP contribution is 2.18. The van der Waals surface area contributed by atoms with E-state index in [0.717, 1.165) is 27.7 Å². The Labute approximate surface area is 123 Å². The predicted molar refractivity (Wildman–Crippen MR) is 79.7 cm³/mol. The molecule has 2 aromatic heterocycles. The minimum absolute atomic E-state index is 0.00459. The summed E-state index contributed by atoms with van der Waals surface area (Å²) in [7, 11) is 1.89. The van der Waals surface area contributed by atoms with Crippen molar-refractivity contribution in [3.63, 3.8) is 0 Å². The number of nitrogens with one attached hydrogen (secondary N) is 1. The van der Waals surface area contributed by atoms with E-state index in [1.54, 1.807) is 22.2 Å². The number of amides is 1. The first-order valence-electron chi connectivity index (χ1n) is 6.71. The Hall–Kier alpha value is -1.69. The zero-order chi connectivity index (χ0) is 14.7. The first-order chi connectivity index (χ1) is 9.51. The van der Waals surface area contributed by atoms with E-state index in [2.05, 4.69) is 22.3 Å². The van der Waals surface area contributed by atoms with Crippen LogP contribution in [0.1, 0.15) is 40.7 Å². The third kappa shape index (κ3) is 3.25. The average Bonchev–Trinajstić information content (AvgIpc) is 2.93. The molecule has 6 heteroatoms. The van der Waals surface area contributed by atoms with Crippen LogP contribution in [0.15, 0.2) is 12.3 Å². The molecule has 0 bridgehead atoms. The van der Waals surface area contributed by atoms with Crippen LogP contribution < -0.4 is 5.32 Å². The Bertz CT molecular complexity index is 602. The van der Waals surface area contributed by atoms with Crippen molar-refractivity contribution in [2.24, 2.45) is 7.05 Å². The number of thiazole rings is 1. The molecule has 0 aromatic carbocycles. The second-order valence-electron chi connectivity index (χ2n) is 4.82. The van der Waals surface area contributed by atoms with Crippen molar-refractivity contribution in [3.8, 4) is 0 Å². The van der Waals surface area contributed by atoms with E-state index >= 15 is 0 Å². The van der Waals surface area contributed by atoms with Gasteiger partial charge in [0.2, 0.25) is 5.91 Å². The fraction of sp³-hybridized carbons (Fsp3) is 0.500. The Kier molecular flexibility index (Phi) is 4.54. The predicted octanol–water partition coefficient (Wildman–Crippen LogP) is 2.30. The van der Waals surface area contributed by atoms with E-state index in [1.165, 1.54) is 0 Å². The van der Waals surface area contributed by atoms with Gasteiger partial charge >= 0.3 is 0 Å². The molecule has 0 aliphatic rings. The van der Waals surface area contributed by atoms with Crippen molar-refractivity contribution in [1.29, 1.82) is 0 Å². The molecule has 5 nitrogen and oxygen atoms in total. The molecule has 0 spiro atoms. The second-order valence-corrected chi connectivity index (χ2v) is 6.23. The normalized spacial score (nSPS) is 12.4. The van der Waals surface area contributed by atoms with E-state index in [0.29, 0.717) is 6.42 Å². The molecule has 0 saturated heterocycles. The summed E-state index contributed by atoms with van der Waals surface area (Å²) in [5.41, 5.74) is 1.90. The molecule has 0 saturated carbocycles. The van der Waals surface area contributed by atoms with Crippen molar-refractivity contribution >= 4 is 17.2 Å². The maximum absolute atomic E-state index is 12.2. The van der Waals surface area contributed by atoms with Crippen LogP contribution in [-0.2, 0) is 18.3 Å². The maximum Gasteiger partial charge on any atom is 0.226 e. The average molecular weight is 292 g/mol. The molecule has 0 aliphatic carbocycles. The Morgan fingerprint density at radius 1 is 1.50 bits per heavy atom. The van der Waals surface area contributed by atoms with Crippen LogP contribution in [0.3, 0.4) is 0 Å². The van der Waals surface area contributed by atoms with Crippen LogP contribution in [0, 0.1) is 13.8 Å². The minimum atomic E-state index is -0.00459. The summed E-state index contributed by atoms with van der Waals surface area (Å²) in [4.78, 5) is 17.7. The van der Waals surface area contributed by atoms with Crippen molar-refractivity contribution in [3.05, 3.63) is 33.5 Å². The summed E-state index contributed by atoms with van der Waals surface area (Å²) in [6, 6.07) is 1.93. The lowest BCUT2D eigenvalue weighted by Gasteiger charge is -2.17. The van der Waals surface area contributed by atoms with Gasteiger partial charge < -0.3 is 5.32 Å². The van der Waals surface area contributed by atoms with Gasteiger partial charge in [-0.15, -0.1) is 11.3 Å². The molecule has 0 fully saturated rings. The van der Waals surface area contributed by atoms with Gasteiger partial charge in [-0.1, -0.05) is 6.92 Å². The lowest BCUT2D eigenvalue weighted by molar-refractivity contribution is -0.121. The molecule has 0 unspecified atom stereocenters. The van der Waals surface area contributed by atoms with Crippen molar-refractivity contribution < 1.29 is 4.79 Å². The standard InChI is InChI=1S/C14H20N4OS/c1-5-11(13-6-7-15-18(13)4)17-14(19)8-12-9(2)20-10(3)16-12/h6-7,11H,5,8H2,1-4H3,(H,17,19)/t11-/m0/s1. The van der Waals surface area contributed by atoms with Crippen LogP contribution >= 0.6 is 11.3 Å². The fourth-order valence-corrected chi connectivity index (χ4v) is 3.08. The molecule has 2 rings (SSSR count). The van der Waals surface area contributed by atoms with Gasteiger partial charge in [-0.2, -0.15) is 5.10 Å². The van der Waals surface area contributed by atoms with Gasteiger partial charge in [-0.25, -0.2) is 4.98 Å². The van der Waals surface area contributed by atoms with Crippen molar-refractivity contribution in [1.82, 2.24) is 20.1 Å². The lowest BCUT2D eigenvalue weighted by Crippen LogP contribution is -2.31. The monoisotopic (exact) mass is 292 g/mol. The van der Waals surface area contributed by atoms with Gasteiger partial charge in [0.05, 0.1) is 28.9 Å². The van der Waals surface area contributed by atoms with Crippen LogP contribution in [0.2, 0.25) is 0 Å². The van der Waals surface area contributed by atoms with Crippen LogP contribution in [0.5, 0.6) is 0 Å².